The number of methoxy groups -OCH3 is 1. The number of ether oxygens (including phenoxy) is 2. The van der Waals surface area contributed by atoms with Crippen LogP contribution in [0.1, 0.15) is 18.1 Å². The van der Waals surface area contributed by atoms with Crippen molar-refractivity contribution in [1.29, 1.82) is 0 Å². The van der Waals surface area contributed by atoms with Gasteiger partial charge in [-0.15, -0.1) is 0 Å². The fourth-order valence-electron chi connectivity index (χ4n) is 3.16. The average Bonchev–Trinajstić information content (AvgIpc) is 2.88. The van der Waals surface area contributed by atoms with Gasteiger partial charge in [0.1, 0.15) is 0 Å². The Hall–Kier alpha value is -4.18. The predicted molar refractivity (Wildman–Crippen MR) is 141 cm³/mol. The molecular formula is C26H25BrN4O5. The molecule has 3 aromatic carbocycles. The first-order valence-corrected chi connectivity index (χ1v) is 11.8. The number of nitrogens with zero attached hydrogens (tertiary/aromatic N) is 1. The smallest absolute Gasteiger partial charge is 0.329 e. The van der Waals surface area contributed by atoms with E-state index >= 15 is 0 Å². The minimum atomic E-state index is -0.910. The molecule has 0 saturated heterocycles. The lowest BCUT2D eigenvalue weighted by Crippen LogP contribution is -2.32. The third-order valence-electron chi connectivity index (χ3n) is 4.89. The van der Waals surface area contributed by atoms with Gasteiger partial charge in [-0.25, -0.2) is 5.43 Å². The number of benzene rings is 3. The zero-order valence-corrected chi connectivity index (χ0v) is 21.3. The number of nitrogens with one attached hydrogen (secondary N) is 3. The van der Waals surface area contributed by atoms with Crippen molar-refractivity contribution in [2.24, 2.45) is 5.10 Å². The molecule has 0 unspecified atom stereocenters. The van der Waals surface area contributed by atoms with Crippen LogP contribution in [0.15, 0.2) is 76.3 Å². The van der Waals surface area contributed by atoms with Gasteiger partial charge in [-0.05, 0) is 63.8 Å². The molecule has 3 N–H and O–H groups in total. The molecule has 0 aliphatic rings. The van der Waals surface area contributed by atoms with Crippen LogP contribution in [0.5, 0.6) is 11.5 Å². The first kappa shape index (κ1) is 26.4. The van der Waals surface area contributed by atoms with Crippen LogP contribution in [-0.2, 0) is 20.8 Å². The van der Waals surface area contributed by atoms with Gasteiger partial charge in [0.25, 0.3) is 5.91 Å². The molecule has 0 atom stereocenters. The largest absolute Gasteiger partial charge is 0.493 e. The van der Waals surface area contributed by atoms with Crippen molar-refractivity contribution in [2.45, 2.75) is 13.3 Å². The second kappa shape index (κ2) is 13.1. The normalized spacial score (nSPS) is 10.5. The summed E-state index contributed by atoms with van der Waals surface area (Å²) in [5.74, 6) is -1.39. The van der Waals surface area contributed by atoms with Gasteiger partial charge in [0.05, 0.1) is 17.8 Å². The number of amides is 3. The number of hydrogen-bond donors (Lipinski definition) is 3. The van der Waals surface area contributed by atoms with E-state index in [0.717, 1.165) is 5.56 Å². The lowest BCUT2D eigenvalue weighted by molar-refractivity contribution is -0.136. The second-order valence-corrected chi connectivity index (χ2v) is 8.26. The summed E-state index contributed by atoms with van der Waals surface area (Å²) >= 11 is 3.40. The number of halogens is 1. The minimum absolute atomic E-state index is 0.233. The zero-order chi connectivity index (χ0) is 25.9. The number of carbonyl (C=O) groups is 3. The monoisotopic (exact) mass is 552 g/mol. The van der Waals surface area contributed by atoms with Crippen molar-refractivity contribution >= 4 is 51.2 Å². The van der Waals surface area contributed by atoms with Gasteiger partial charge in [-0.2, -0.15) is 5.10 Å². The number of hydrazone groups is 1. The van der Waals surface area contributed by atoms with Gasteiger partial charge in [0.2, 0.25) is 0 Å². The summed E-state index contributed by atoms with van der Waals surface area (Å²) in [5.41, 5.74) is 4.91. The van der Waals surface area contributed by atoms with E-state index in [9.17, 15) is 14.4 Å². The molecule has 0 saturated carbocycles. The topological polar surface area (TPSA) is 118 Å². The van der Waals surface area contributed by atoms with Gasteiger partial charge in [0, 0.05) is 11.4 Å². The van der Waals surface area contributed by atoms with Gasteiger partial charge < -0.3 is 20.1 Å². The molecule has 36 heavy (non-hydrogen) atoms. The maximum Gasteiger partial charge on any atom is 0.329 e. The van der Waals surface area contributed by atoms with Crippen molar-refractivity contribution in [1.82, 2.24) is 5.43 Å². The van der Waals surface area contributed by atoms with E-state index in [-0.39, 0.29) is 12.5 Å². The second-order valence-electron chi connectivity index (χ2n) is 7.40. The molecule has 0 aromatic heterocycles. The van der Waals surface area contributed by atoms with Crippen LogP contribution in [0, 0.1) is 0 Å². The SMILES string of the molecule is CCc1ccccc1NC(=O)C(=O)N/N=C\c1cc(Br)c(OCC(=O)Nc2ccccc2)c(OC)c1. The molecule has 186 valence electrons. The molecule has 0 heterocycles. The Bertz CT molecular complexity index is 1260. The van der Waals surface area contributed by atoms with Crippen LogP contribution in [-0.4, -0.2) is 37.7 Å². The van der Waals surface area contributed by atoms with Crippen molar-refractivity contribution < 1.29 is 23.9 Å². The number of anilines is 2. The molecule has 3 amide bonds. The molecule has 3 rings (SSSR count). The summed E-state index contributed by atoms with van der Waals surface area (Å²) in [5, 5.41) is 9.16. The molecule has 0 radical (unpaired) electrons. The van der Waals surface area contributed by atoms with Crippen LogP contribution in [0.2, 0.25) is 0 Å². The van der Waals surface area contributed by atoms with Crippen LogP contribution in [0.25, 0.3) is 0 Å². The van der Waals surface area contributed by atoms with Gasteiger partial charge >= 0.3 is 11.8 Å². The van der Waals surface area contributed by atoms with Crippen LogP contribution in [0.4, 0.5) is 11.4 Å². The van der Waals surface area contributed by atoms with E-state index in [0.29, 0.717) is 39.3 Å². The van der Waals surface area contributed by atoms with Gasteiger partial charge in [-0.1, -0.05) is 43.3 Å². The molecule has 0 aliphatic carbocycles. The predicted octanol–water partition coefficient (Wildman–Crippen LogP) is 4.13. The number of aryl methyl sites for hydroxylation is 1. The maximum absolute atomic E-state index is 12.2. The fourth-order valence-corrected chi connectivity index (χ4v) is 3.73. The molecule has 9 nitrogen and oxygen atoms in total. The van der Waals surface area contributed by atoms with E-state index in [4.69, 9.17) is 9.47 Å². The highest BCUT2D eigenvalue weighted by Crippen LogP contribution is 2.36. The summed E-state index contributed by atoms with van der Waals surface area (Å²) in [7, 11) is 1.46. The molecule has 0 spiro atoms. The van der Waals surface area contributed by atoms with Gasteiger partial charge in [0.15, 0.2) is 18.1 Å². The Labute approximate surface area is 217 Å². The molecule has 10 heteroatoms. The van der Waals surface area contributed by atoms with Crippen molar-refractivity contribution in [3.05, 3.63) is 82.3 Å². The average molecular weight is 553 g/mol. The van der Waals surface area contributed by atoms with Crippen LogP contribution >= 0.6 is 15.9 Å². The summed E-state index contributed by atoms with van der Waals surface area (Å²) < 4.78 is 11.5. The Morgan fingerprint density at radius 1 is 0.972 bits per heavy atom. The Balaban J connectivity index is 1.58. The molecular weight excluding hydrogens is 528 g/mol. The highest BCUT2D eigenvalue weighted by molar-refractivity contribution is 9.10. The lowest BCUT2D eigenvalue weighted by Gasteiger charge is -2.13. The molecule has 0 bridgehead atoms. The van der Waals surface area contributed by atoms with Crippen molar-refractivity contribution in [2.75, 3.05) is 24.4 Å². The fraction of sp³-hybridized carbons (Fsp3) is 0.154. The zero-order valence-electron chi connectivity index (χ0n) is 19.7. The third-order valence-corrected chi connectivity index (χ3v) is 5.48. The molecule has 3 aromatic rings. The van der Waals surface area contributed by atoms with Crippen molar-refractivity contribution in [3.8, 4) is 11.5 Å². The third kappa shape index (κ3) is 7.41. The minimum Gasteiger partial charge on any atom is -0.493 e. The van der Waals surface area contributed by atoms with Crippen LogP contribution in [0.3, 0.4) is 0 Å². The number of carbonyl (C=O) groups excluding carboxylic acids is 3. The first-order valence-electron chi connectivity index (χ1n) is 11.0. The molecule has 0 aliphatic heterocycles. The van der Waals surface area contributed by atoms with Crippen LogP contribution < -0.4 is 25.5 Å². The quantitative estimate of drug-likeness (QED) is 0.209. The first-order chi connectivity index (χ1) is 17.4. The lowest BCUT2D eigenvalue weighted by atomic mass is 10.1. The highest BCUT2D eigenvalue weighted by Gasteiger charge is 2.15. The van der Waals surface area contributed by atoms with E-state index in [1.165, 1.54) is 13.3 Å². The summed E-state index contributed by atoms with van der Waals surface area (Å²) in [6.07, 6.45) is 2.06. The van der Waals surface area contributed by atoms with E-state index in [1.54, 1.807) is 36.4 Å². The Kier molecular flexibility index (Phi) is 9.58. The van der Waals surface area contributed by atoms with Gasteiger partial charge in [-0.3, -0.25) is 14.4 Å². The van der Waals surface area contributed by atoms with E-state index in [1.807, 2.05) is 37.3 Å². The molecule has 0 fully saturated rings. The van der Waals surface area contributed by atoms with E-state index < -0.39 is 11.8 Å². The summed E-state index contributed by atoms with van der Waals surface area (Å²) in [6.45, 7) is 1.72. The van der Waals surface area contributed by atoms with Crippen molar-refractivity contribution in [3.63, 3.8) is 0 Å². The summed E-state index contributed by atoms with van der Waals surface area (Å²) in [4.78, 5) is 36.5. The Morgan fingerprint density at radius 3 is 2.42 bits per heavy atom. The number of rotatable bonds is 9. The number of hydrogen-bond acceptors (Lipinski definition) is 6. The van der Waals surface area contributed by atoms with E-state index in [2.05, 4.69) is 37.1 Å². The highest BCUT2D eigenvalue weighted by atomic mass is 79.9. The standard InChI is InChI=1S/C26H25BrN4O5/c1-3-18-9-7-8-12-21(18)30-25(33)26(34)31-28-15-17-13-20(27)24(22(14-17)35-2)36-16-23(32)29-19-10-5-4-6-11-19/h4-15H,3,16H2,1-2H3,(H,29,32)(H,30,33)(H,31,34)/b28-15-. The Morgan fingerprint density at radius 2 is 1.69 bits per heavy atom. The maximum atomic E-state index is 12.2. The number of para-hydroxylation sites is 2. The summed E-state index contributed by atoms with van der Waals surface area (Å²) in [6, 6.07) is 19.6.